The Hall–Kier alpha value is -1.36. The van der Waals surface area contributed by atoms with E-state index < -0.39 is 5.54 Å². The number of aryl methyl sites for hydroxylation is 1. The van der Waals surface area contributed by atoms with Crippen molar-refractivity contribution in [2.75, 3.05) is 5.32 Å². The number of rotatable bonds is 2. The number of hydrogen-bond donors (Lipinski definition) is 2. The van der Waals surface area contributed by atoms with Crippen LogP contribution >= 0.6 is 0 Å². The Balaban J connectivity index is 2.10. The predicted octanol–water partition coefficient (Wildman–Crippen LogP) is 0.939. The van der Waals surface area contributed by atoms with Gasteiger partial charge in [0.05, 0.1) is 23.1 Å². The molecule has 0 saturated heterocycles. The fraction of sp³-hybridized carbons (Fsp3) is 0.636. The molecule has 1 aliphatic rings. The van der Waals surface area contributed by atoms with Gasteiger partial charge in [0, 0.05) is 7.05 Å². The first-order chi connectivity index (χ1) is 7.53. The second-order valence-corrected chi connectivity index (χ2v) is 4.58. The van der Waals surface area contributed by atoms with Crippen LogP contribution in [0.1, 0.15) is 31.4 Å². The molecule has 0 unspecified atom stereocenters. The van der Waals surface area contributed by atoms with Gasteiger partial charge in [-0.1, -0.05) is 12.8 Å². The van der Waals surface area contributed by atoms with Gasteiger partial charge in [0.25, 0.3) is 0 Å². The lowest BCUT2D eigenvalue weighted by Gasteiger charge is -2.21. The third-order valence-corrected chi connectivity index (χ3v) is 3.43. The van der Waals surface area contributed by atoms with Crippen LogP contribution in [0.3, 0.4) is 0 Å². The normalized spacial score (nSPS) is 18.7. The average Bonchev–Trinajstić information content (AvgIpc) is 2.81. The number of hydrogen-bond acceptors (Lipinski definition) is 3. The number of nitrogens with zero attached hydrogens (tertiary/aromatic N) is 2. The summed E-state index contributed by atoms with van der Waals surface area (Å²) in [6.45, 7) is 1.92. The van der Waals surface area contributed by atoms with Gasteiger partial charge in [0.1, 0.15) is 0 Å². The van der Waals surface area contributed by atoms with Crippen molar-refractivity contribution in [3.8, 4) is 0 Å². The van der Waals surface area contributed by atoms with Gasteiger partial charge in [-0.25, -0.2) is 0 Å². The molecular weight excluding hydrogens is 204 g/mol. The first-order valence-corrected chi connectivity index (χ1v) is 5.62. The minimum absolute atomic E-state index is 0.0823. The third-order valence-electron chi connectivity index (χ3n) is 3.43. The monoisotopic (exact) mass is 222 g/mol. The average molecular weight is 222 g/mol. The summed E-state index contributed by atoms with van der Waals surface area (Å²) < 4.78 is 1.73. The highest BCUT2D eigenvalue weighted by atomic mass is 16.2. The summed E-state index contributed by atoms with van der Waals surface area (Å²) in [5.74, 6) is -0.0823. The molecule has 0 atom stereocenters. The van der Waals surface area contributed by atoms with Gasteiger partial charge in [-0.2, -0.15) is 5.10 Å². The van der Waals surface area contributed by atoms with Crippen LogP contribution < -0.4 is 11.1 Å². The zero-order valence-corrected chi connectivity index (χ0v) is 9.79. The summed E-state index contributed by atoms with van der Waals surface area (Å²) in [6.07, 6.45) is 5.29. The van der Waals surface area contributed by atoms with Crippen LogP contribution in [-0.2, 0) is 11.8 Å². The first-order valence-electron chi connectivity index (χ1n) is 5.62. The zero-order chi connectivity index (χ0) is 11.8. The molecule has 2 rings (SSSR count). The van der Waals surface area contributed by atoms with Gasteiger partial charge >= 0.3 is 0 Å². The van der Waals surface area contributed by atoms with Gasteiger partial charge in [0.2, 0.25) is 5.91 Å². The number of nitrogens with one attached hydrogen (secondary N) is 1. The molecule has 1 heterocycles. The summed E-state index contributed by atoms with van der Waals surface area (Å²) in [6, 6.07) is 0. The van der Waals surface area contributed by atoms with Crippen LogP contribution in [-0.4, -0.2) is 21.2 Å². The van der Waals surface area contributed by atoms with E-state index in [0.717, 1.165) is 37.1 Å². The SMILES string of the molecule is Cc1c(NC(=O)C2(N)CCCC2)cnn1C. The summed E-state index contributed by atoms with van der Waals surface area (Å²) in [5, 5.41) is 6.95. The Kier molecular flexibility index (Phi) is 2.71. The molecule has 1 aliphatic carbocycles. The summed E-state index contributed by atoms with van der Waals surface area (Å²) in [7, 11) is 1.85. The van der Waals surface area contributed by atoms with Crippen LogP contribution in [0.25, 0.3) is 0 Å². The standard InChI is InChI=1S/C11H18N4O/c1-8-9(7-13-15(8)2)14-10(16)11(12)5-3-4-6-11/h7H,3-6,12H2,1-2H3,(H,14,16). The van der Waals surface area contributed by atoms with Crippen molar-refractivity contribution in [3.05, 3.63) is 11.9 Å². The Morgan fingerprint density at radius 1 is 1.56 bits per heavy atom. The van der Waals surface area contributed by atoms with E-state index >= 15 is 0 Å². The highest BCUT2D eigenvalue weighted by Gasteiger charge is 2.37. The number of carbonyl (C=O) groups excluding carboxylic acids is 1. The lowest BCUT2D eigenvalue weighted by Crippen LogP contribution is -2.48. The maximum atomic E-state index is 12.0. The second kappa shape index (κ2) is 3.90. The van der Waals surface area contributed by atoms with Crippen LogP contribution in [0.15, 0.2) is 6.20 Å². The predicted molar refractivity (Wildman–Crippen MR) is 62.0 cm³/mol. The van der Waals surface area contributed by atoms with Crippen LogP contribution in [0.2, 0.25) is 0 Å². The van der Waals surface area contributed by atoms with E-state index in [9.17, 15) is 4.79 Å². The molecule has 1 fully saturated rings. The van der Waals surface area contributed by atoms with E-state index in [1.54, 1.807) is 10.9 Å². The molecule has 5 nitrogen and oxygen atoms in total. The Labute approximate surface area is 95.0 Å². The van der Waals surface area contributed by atoms with E-state index in [0.29, 0.717) is 0 Å². The van der Waals surface area contributed by atoms with Gasteiger partial charge in [-0.3, -0.25) is 9.48 Å². The molecule has 0 aliphatic heterocycles. The van der Waals surface area contributed by atoms with Crippen molar-refractivity contribution in [2.24, 2.45) is 12.8 Å². The lowest BCUT2D eigenvalue weighted by molar-refractivity contribution is -0.121. The summed E-state index contributed by atoms with van der Waals surface area (Å²) in [5.41, 5.74) is 7.08. The maximum absolute atomic E-state index is 12.0. The number of amides is 1. The molecule has 0 spiro atoms. The lowest BCUT2D eigenvalue weighted by atomic mass is 9.98. The van der Waals surface area contributed by atoms with Gasteiger partial charge in [0.15, 0.2) is 0 Å². The fourth-order valence-electron chi connectivity index (χ4n) is 2.10. The fourth-order valence-corrected chi connectivity index (χ4v) is 2.10. The van der Waals surface area contributed by atoms with E-state index in [2.05, 4.69) is 10.4 Å². The van der Waals surface area contributed by atoms with Crippen molar-refractivity contribution < 1.29 is 4.79 Å². The molecule has 1 saturated carbocycles. The molecule has 1 aromatic heterocycles. The minimum atomic E-state index is -0.678. The Bertz CT molecular complexity index is 404. The maximum Gasteiger partial charge on any atom is 0.244 e. The summed E-state index contributed by atoms with van der Waals surface area (Å²) in [4.78, 5) is 12.0. The van der Waals surface area contributed by atoms with Crippen LogP contribution in [0.5, 0.6) is 0 Å². The molecular formula is C11H18N4O. The van der Waals surface area contributed by atoms with Crippen LogP contribution in [0.4, 0.5) is 5.69 Å². The van der Waals surface area contributed by atoms with E-state index in [4.69, 9.17) is 5.73 Å². The number of nitrogens with two attached hydrogens (primary N) is 1. The van der Waals surface area contributed by atoms with E-state index in [1.807, 2.05) is 14.0 Å². The molecule has 0 aromatic carbocycles. The van der Waals surface area contributed by atoms with Gasteiger partial charge < -0.3 is 11.1 Å². The van der Waals surface area contributed by atoms with Crippen molar-refractivity contribution in [1.82, 2.24) is 9.78 Å². The quantitative estimate of drug-likeness (QED) is 0.782. The molecule has 3 N–H and O–H groups in total. The van der Waals surface area contributed by atoms with Crippen LogP contribution in [0, 0.1) is 6.92 Å². The number of carbonyl (C=O) groups is 1. The zero-order valence-electron chi connectivity index (χ0n) is 9.79. The smallest absolute Gasteiger partial charge is 0.244 e. The molecule has 0 radical (unpaired) electrons. The third kappa shape index (κ3) is 1.82. The highest BCUT2D eigenvalue weighted by Crippen LogP contribution is 2.28. The molecule has 88 valence electrons. The molecule has 1 aromatic rings. The van der Waals surface area contributed by atoms with E-state index in [-0.39, 0.29) is 5.91 Å². The summed E-state index contributed by atoms with van der Waals surface area (Å²) >= 11 is 0. The van der Waals surface area contributed by atoms with Crippen molar-refractivity contribution >= 4 is 11.6 Å². The molecule has 16 heavy (non-hydrogen) atoms. The molecule has 1 amide bonds. The second-order valence-electron chi connectivity index (χ2n) is 4.58. The van der Waals surface area contributed by atoms with E-state index in [1.165, 1.54) is 0 Å². The van der Waals surface area contributed by atoms with Crippen molar-refractivity contribution in [1.29, 1.82) is 0 Å². The Morgan fingerprint density at radius 3 is 2.69 bits per heavy atom. The first kappa shape index (κ1) is 11.1. The number of aromatic nitrogens is 2. The van der Waals surface area contributed by atoms with Gasteiger partial charge in [-0.15, -0.1) is 0 Å². The Morgan fingerprint density at radius 2 is 2.19 bits per heavy atom. The highest BCUT2D eigenvalue weighted by molar-refractivity contribution is 5.98. The van der Waals surface area contributed by atoms with Gasteiger partial charge in [-0.05, 0) is 19.8 Å². The number of anilines is 1. The van der Waals surface area contributed by atoms with Crippen molar-refractivity contribution in [2.45, 2.75) is 38.1 Å². The topological polar surface area (TPSA) is 72.9 Å². The molecule has 5 heteroatoms. The van der Waals surface area contributed by atoms with Crippen molar-refractivity contribution in [3.63, 3.8) is 0 Å². The molecule has 0 bridgehead atoms. The largest absolute Gasteiger partial charge is 0.322 e. The minimum Gasteiger partial charge on any atom is -0.322 e.